The van der Waals surface area contributed by atoms with Gasteiger partial charge in [0.15, 0.2) is 0 Å². The molecule has 0 bridgehead atoms. The van der Waals surface area contributed by atoms with Gasteiger partial charge in [-0.3, -0.25) is 4.90 Å². The van der Waals surface area contributed by atoms with Gasteiger partial charge in [0.2, 0.25) is 10.0 Å². The lowest BCUT2D eigenvalue weighted by atomic mass is 9.94. The van der Waals surface area contributed by atoms with E-state index >= 15 is 0 Å². The lowest BCUT2D eigenvalue weighted by Gasteiger charge is -2.30. The third-order valence-electron chi connectivity index (χ3n) is 6.15. The average molecular weight is 473 g/mol. The summed E-state index contributed by atoms with van der Waals surface area (Å²) in [4.78, 5) is 2.49. The van der Waals surface area contributed by atoms with Crippen molar-refractivity contribution in [1.29, 1.82) is 0 Å². The van der Waals surface area contributed by atoms with Gasteiger partial charge in [-0.1, -0.05) is 43.0 Å². The van der Waals surface area contributed by atoms with Crippen molar-refractivity contribution in [1.82, 2.24) is 14.7 Å². The Bertz CT molecular complexity index is 1150. The number of benzene rings is 2. The Morgan fingerprint density at radius 3 is 2.34 bits per heavy atom. The molecule has 1 aromatic heterocycles. The number of rotatable bonds is 7. The monoisotopic (exact) mass is 472 g/mol. The third-order valence-corrected chi connectivity index (χ3v) is 7.33. The predicted molar refractivity (Wildman–Crippen MR) is 128 cm³/mol. The van der Waals surface area contributed by atoms with Crippen molar-refractivity contribution in [3.05, 3.63) is 76.6 Å². The number of hydrogen-bond acceptors (Lipinski definition) is 4. The summed E-state index contributed by atoms with van der Waals surface area (Å²) in [5, 5.41) is 10.8. The Morgan fingerprint density at radius 1 is 1.06 bits per heavy atom. The van der Waals surface area contributed by atoms with Crippen LogP contribution >= 0.6 is 11.6 Å². The normalized spacial score (nSPS) is 15.4. The summed E-state index contributed by atoms with van der Waals surface area (Å²) in [6, 6.07) is 17.1. The molecule has 0 atom stereocenters. The second-order valence-electron chi connectivity index (χ2n) is 8.59. The molecule has 32 heavy (non-hydrogen) atoms. The van der Waals surface area contributed by atoms with Crippen molar-refractivity contribution in [2.24, 2.45) is 5.14 Å². The summed E-state index contributed by atoms with van der Waals surface area (Å²) in [7, 11) is -1.56. The lowest BCUT2D eigenvalue weighted by Crippen LogP contribution is -2.33. The van der Waals surface area contributed by atoms with E-state index < -0.39 is 10.0 Å². The number of hydrogen-bond donors (Lipinski definition) is 1. The number of nitrogens with two attached hydrogens (primary N) is 1. The highest BCUT2D eigenvalue weighted by molar-refractivity contribution is 7.89. The predicted octanol–water partition coefficient (Wildman–Crippen LogP) is 4.53. The van der Waals surface area contributed by atoms with Gasteiger partial charge >= 0.3 is 0 Å². The summed E-state index contributed by atoms with van der Waals surface area (Å²) in [5.41, 5.74) is 3.96. The van der Waals surface area contributed by atoms with E-state index in [1.807, 2.05) is 28.9 Å². The first-order valence-corrected chi connectivity index (χ1v) is 12.9. The zero-order valence-corrected chi connectivity index (χ0v) is 19.8. The minimum Gasteiger partial charge on any atom is -0.298 e. The topological polar surface area (TPSA) is 81.2 Å². The Morgan fingerprint density at radius 2 is 1.72 bits per heavy atom. The summed E-state index contributed by atoms with van der Waals surface area (Å²) in [5.74, 6) is 0. The molecule has 4 rings (SSSR count). The van der Waals surface area contributed by atoms with Gasteiger partial charge in [-0.05, 0) is 67.9 Å². The van der Waals surface area contributed by atoms with Crippen LogP contribution in [0.4, 0.5) is 0 Å². The number of halogens is 1. The number of nitrogens with zero attached hydrogens (tertiary/aromatic N) is 3. The molecule has 3 aromatic rings. The molecule has 0 radical (unpaired) electrons. The SMILES string of the molecule is CN(Cc1cc(Cc2ccc(Cl)cc2)n(-c2ccc(S(N)(=O)=O)cc2)n1)C1CCCCC1. The molecule has 170 valence electrons. The maximum absolute atomic E-state index is 11.6. The van der Waals surface area contributed by atoms with Crippen LogP contribution in [0.1, 0.15) is 49.1 Å². The van der Waals surface area contributed by atoms with E-state index in [1.54, 1.807) is 12.1 Å². The molecule has 1 heterocycles. The van der Waals surface area contributed by atoms with Crippen LogP contribution in [0.25, 0.3) is 5.69 Å². The minimum atomic E-state index is -3.74. The molecule has 1 aliphatic carbocycles. The van der Waals surface area contributed by atoms with E-state index in [4.69, 9.17) is 21.8 Å². The molecule has 6 nitrogen and oxygen atoms in total. The van der Waals surface area contributed by atoms with Gasteiger partial charge < -0.3 is 0 Å². The fraction of sp³-hybridized carbons (Fsp3) is 0.375. The largest absolute Gasteiger partial charge is 0.298 e. The maximum Gasteiger partial charge on any atom is 0.238 e. The van der Waals surface area contributed by atoms with E-state index in [2.05, 4.69) is 18.0 Å². The molecule has 1 aliphatic rings. The van der Waals surface area contributed by atoms with E-state index in [0.717, 1.165) is 29.2 Å². The molecule has 0 spiro atoms. The summed E-state index contributed by atoms with van der Waals surface area (Å²) in [6.45, 7) is 0.778. The Hall–Kier alpha value is -2.19. The third kappa shape index (κ3) is 5.59. The highest BCUT2D eigenvalue weighted by Gasteiger charge is 2.20. The highest BCUT2D eigenvalue weighted by atomic mass is 35.5. The highest BCUT2D eigenvalue weighted by Crippen LogP contribution is 2.24. The van der Waals surface area contributed by atoms with E-state index in [-0.39, 0.29) is 4.90 Å². The standard InChI is InChI=1S/C24H29ClN4O2S/c1-28(21-5-3-2-4-6-21)17-20-16-23(15-18-7-9-19(25)10-8-18)29(27-20)22-11-13-24(14-12-22)32(26,30)31/h7-14,16,21H,2-6,15,17H2,1H3,(H2,26,30,31). The molecule has 1 saturated carbocycles. The van der Waals surface area contributed by atoms with Crippen LogP contribution in [0.5, 0.6) is 0 Å². The van der Waals surface area contributed by atoms with Crippen LogP contribution in [-0.4, -0.2) is 36.2 Å². The average Bonchev–Trinajstić information content (AvgIpc) is 3.17. The quantitative estimate of drug-likeness (QED) is 0.547. The van der Waals surface area contributed by atoms with E-state index in [9.17, 15) is 8.42 Å². The molecule has 0 amide bonds. The Kier molecular flexibility index (Phi) is 7.00. The molecule has 0 saturated heterocycles. The fourth-order valence-corrected chi connectivity index (χ4v) is 5.04. The molecule has 0 unspecified atom stereocenters. The first-order valence-electron chi connectivity index (χ1n) is 11.0. The van der Waals surface area contributed by atoms with Crippen molar-refractivity contribution in [3.8, 4) is 5.69 Å². The molecular formula is C24H29ClN4O2S. The smallest absolute Gasteiger partial charge is 0.238 e. The van der Waals surface area contributed by atoms with Crippen LogP contribution in [0.3, 0.4) is 0 Å². The van der Waals surface area contributed by atoms with Crippen LogP contribution in [0.15, 0.2) is 59.5 Å². The van der Waals surface area contributed by atoms with Gasteiger partial charge in [-0.25, -0.2) is 18.2 Å². The first-order chi connectivity index (χ1) is 15.3. The summed E-state index contributed by atoms with van der Waals surface area (Å²) < 4.78 is 25.2. The van der Waals surface area contributed by atoms with Gasteiger partial charge in [-0.2, -0.15) is 5.10 Å². The number of aromatic nitrogens is 2. The zero-order chi connectivity index (χ0) is 22.7. The van der Waals surface area contributed by atoms with Gasteiger partial charge in [0.1, 0.15) is 0 Å². The fourth-order valence-electron chi connectivity index (χ4n) is 4.40. The molecular weight excluding hydrogens is 444 g/mol. The second kappa shape index (κ2) is 9.75. The van der Waals surface area contributed by atoms with E-state index in [1.165, 1.54) is 44.2 Å². The van der Waals surface area contributed by atoms with Gasteiger partial charge in [-0.15, -0.1) is 0 Å². The van der Waals surface area contributed by atoms with Crippen LogP contribution in [-0.2, 0) is 23.0 Å². The second-order valence-corrected chi connectivity index (χ2v) is 10.6. The van der Waals surface area contributed by atoms with Gasteiger partial charge in [0, 0.05) is 29.7 Å². The number of primary sulfonamides is 1. The van der Waals surface area contributed by atoms with Crippen LogP contribution < -0.4 is 5.14 Å². The van der Waals surface area contributed by atoms with Crippen molar-refractivity contribution >= 4 is 21.6 Å². The van der Waals surface area contributed by atoms with Gasteiger partial charge in [0.05, 0.1) is 16.3 Å². The molecule has 8 heteroatoms. The summed E-state index contributed by atoms with van der Waals surface area (Å²) >= 11 is 6.05. The van der Waals surface area contributed by atoms with Gasteiger partial charge in [0.25, 0.3) is 0 Å². The van der Waals surface area contributed by atoms with E-state index in [0.29, 0.717) is 17.5 Å². The lowest BCUT2D eigenvalue weighted by molar-refractivity contribution is 0.182. The molecule has 2 aromatic carbocycles. The minimum absolute atomic E-state index is 0.0879. The number of sulfonamides is 1. The Labute approximate surface area is 195 Å². The molecule has 1 fully saturated rings. The molecule has 0 aliphatic heterocycles. The van der Waals surface area contributed by atoms with Crippen molar-refractivity contribution in [2.45, 2.75) is 56.0 Å². The van der Waals surface area contributed by atoms with Crippen molar-refractivity contribution in [2.75, 3.05) is 7.05 Å². The van der Waals surface area contributed by atoms with Crippen LogP contribution in [0, 0.1) is 0 Å². The van der Waals surface area contributed by atoms with Crippen molar-refractivity contribution < 1.29 is 8.42 Å². The van der Waals surface area contributed by atoms with Crippen LogP contribution in [0.2, 0.25) is 5.02 Å². The molecule has 2 N–H and O–H groups in total. The van der Waals surface area contributed by atoms with Crippen molar-refractivity contribution in [3.63, 3.8) is 0 Å². The zero-order valence-electron chi connectivity index (χ0n) is 18.2. The first kappa shape index (κ1) is 23.0. The summed E-state index contributed by atoms with van der Waals surface area (Å²) in [6.07, 6.45) is 7.09. The maximum atomic E-state index is 11.6. The Balaban J connectivity index is 1.63.